The molecule has 12 rings (SSSR count). The van der Waals surface area contributed by atoms with Crippen LogP contribution in [0.2, 0.25) is 0 Å². The molecule has 0 radical (unpaired) electrons. The number of rotatable bonds is 60. The molecule has 8 aromatic carbocycles. The van der Waals surface area contributed by atoms with Crippen LogP contribution in [0.15, 0.2) is 243 Å². The Morgan fingerprint density at radius 2 is 0.462 bits per heavy atom. The number of primary amides is 1. The Labute approximate surface area is 848 Å². The lowest BCUT2D eigenvalue weighted by molar-refractivity contribution is -0.150. The number of nitrogens with zero attached hydrogens (tertiary/aromatic N) is 11. The van der Waals surface area contributed by atoms with E-state index >= 15 is 43.2 Å². The Kier molecular flexibility index (Phi) is 42.0. The van der Waals surface area contributed by atoms with Crippen LogP contribution >= 0.6 is 0 Å². The van der Waals surface area contributed by atoms with Gasteiger partial charge in [-0.15, -0.1) is 0 Å². The van der Waals surface area contributed by atoms with E-state index in [-0.39, 0.29) is 90.7 Å². The van der Waals surface area contributed by atoms with Gasteiger partial charge in [-0.3, -0.25) is 57.5 Å². The van der Waals surface area contributed by atoms with Gasteiger partial charge in [0.1, 0.15) is 26.2 Å². The number of hydrogen-bond donors (Lipinski definition) is 10. The van der Waals surface area contributed by atoms with Gasteiger partial charge >= 0.3 is 0 Å². The fourth-order valence-electron chi connectivity index (χ4n) is 18.6. The van der Waals surface area contributed by atoms with Crippen molar-refractivity contribution in [1.29, 1.82) is 0 Å². The van der Waals surface area contributed by atoms with Gasteiger partial charge in [-0.2, -0.15) is 0 Å². The lowest BCUT2D eigenvalue weighted by Crippen LogP contribution is -2.53. The molecule has 0 aliphatic rings. The highest BCUT2D eigenvalue weighted by molar-refractivity contribution is 5.97. The van der Waals surface area contributed by atoms with E-state index in [1.165, 1.54) is 53.9 Å². The summed E-state index contributed by atoms with van der Waals surface area (Å²) in [5.74, 6) is -7.21. The molecular formula is C112H143N21O12. The zero-order valence-corrected chi connectivity index (χ0v) is 84.1. The van der Waals surface area contributed by atoms with Gasteiger partial charge in [-0.25, -0.2) is 0 Å². The van der Waals surface area contributed by atoms with E-state index in [1.54, 1.807) is 32.9 Å². The summed E-state index contributed by atoms with van der Waals surface area (Å²) in [4.78, 5) is 213. The van der Waals surface area contributed by atoms with E-state index in [4.69, 9.17) is 28.7 Å². The summed E-state index contributed by atoms with van der Waals surface area (Å²) < 4.78 is 0. The second-order valence-corrected chi connectivity index (χ2v) is 37.2. The van der Waals surface area contributed by atoms with Crippen LogP contribution in [-0.4, -0.2) is 302 Å². The van der Waals surface area contributed by atoms with Gasteiger partial charge in [0.25, 0.3) is 0 Å². The first-order valence-corrected chi connectivity index (χ1v) is 50.6. The molecule has 0 aliphatic heterocycles. The van der Waals surface area contributed by atoms with Crippen LogP contribution in [0.1, 0.15) is 148 Å². The number of H-pyrrole nitrogens is 4. The summed E-state index contributed by atoms with van der Waals surface area (Å²) in [5, 5.41) is 6.85. The molecule has 0 fully saturated rings. The quantitative estimate of drug-likeness (QED) is 0.0158. The van der Waals surface area contributed by atoms with Crippen LogP contribution in [0.3, 0.4) is 0 Å². The number of nitrogens with one attached hydrogen (secondary N) is 5. The number of para-hydroxylation sites is 4. The van der Waals surface area contributed by atoms with Crippen molar-refractivity contribution < 1.29 is 57.5 Å². The molecule has 0 unspecified atom stereocenters. The largest absolute Gasteiger partial charge is 0.368 e. The Morgan fingerprint density at radius 1 is 0.248 bits per heavy atom. The number of amides is 12. The van der Waals surface area contributed by atoms with Crippen molar-refractivity contribution in [1.82, 2.24) is 79.2 Å². The molecule has 0 bridgehead atoms. The predicted octanol–water partition coefficient (Wildman–Crippen LogP) is 10.1. The second-order valence-electron chi connectivity index (χ2n) is 37.2. The molecule has 12 aromatic rings. The van der Waals surface area contributed by atoms with Crippen LogP contribution in [0.25, 0.3) is 43.6 Å². The number of carbonyl (C=O) groups excluding carboxylic acids is 12. The number of benzene rings is 8. The Morgan fingerprint density at radius 3 is 0.717 bits per heavy atom. The van der Waals surface area contributed by atoms with Gasteiger partial charge in [0.2, 0.25) is 70.9 Å². The van der Waals surface area contributed by atoms with Crippen LogP contribution < -0.4 is 34.0 Å². The third kappa shape index (κ3) is 31.2. The number of unbranched alkanes of at least 4 members (excludes halogenated alkanes) is 4. The standard InChI is InChI=1S/C112H143N21O12/c1-81(85-33-9-5-10-34-85)130(102(135)69-118-57-29-25-53-113)77-107(140)127(62-50-90-66-120-98-46-22-18-42-94(90)98)71-103(136)124(59-31-27-55-115)75-111(144)132(83(3)87-37-13-7-14-38-87)79-109(142)129(64-52-92-68-122-100-48-24-20-44-96(92)100)73-105(138)125(60-32-28-56-116)76-112(145)133(84(4)88-39-15-8-16-40-88)80-108(141)128(63-51-91-67-121-99-47-23-19-43-95(91)99)72-104(137)123(58-30-26-54-114)74-110(143)131(82(2)86-35-11-6-12-36-86)78-106(139)126(70-101(117)134)61-49-89-65-119-97-45-21-17-41-93(89)97/h5-24,33-48,65-68,81-84,118-122H,25-32,49-64,69-80,113-116H2,1-4H3,(H2,117,134)/t81-,82-,83-,84-/m0/s1. The van der Waals surface area contributed by atoms with Crippen molar-refractivity contribution in [2.24, 2.45) is 28.7 Å². The molecule has 0 saturated carbocycles. The number of aromatic nitrogens is 4. The Bertz CT molecular complexity index is 6230. The molecule has 145 heavy (non-hydrogen) atoms. The highest BCUT2D eigenvalue weighted by Gasteiger charge is 2.38. The molecule has 0 aliphatic carbocycles. The minimum absolute atomic E-state index is 0.0138. The molecule has 4 aromatic heterocycles. The van der Waals surface area contributed by atoms with Gasteiger partial charge < -0.3 is 108 Å². The third-order valence-electron chi connectivity index (χ3n) is 27.3. The molecule has 4 atom stereocenters. The molecule has 33 heteroatoms. The highest BCUT2D eigenvalue weighted by Crippen LogP contribution is 2.30. The maximum absolute atomic E-state index is 16.1. The summed E-state index contributed by atoms with van der Waals surface area (Å²) in [6.45, 7) is 2.93. The summed E-state index contributed by atoms with van der Waals surface area (Å²) in [7, 11) is 0. The second kappa shape index (κ2) is 55.8. The molecule has 4 heterocycles. The number of fused-ring (bicyclic) bond motifs is 4. The van der Waals surface area contributed by atoms with Crippen molar-refractivity contribution in [3.05, 3.63) is 288 Å². The topological polar surface area (TPSA) is 446 Å². The normalized spacial score (nSPS) is 12.2. The molecule has 15 N–H and O–H groups in total. The average molecular weight is 1980 g/mol. The van der Waals surface area contributed by atoms with Crippen molar-refractivity contribution in [3.63, 3.8) is 0 Å². The van der Waals surface area contributed by atoms with Crippen molar-refractivity contribution in [2.75, 3.05) is 157 Å². The fraction of sp³-hybridized carbons (Fsp3) is 0.393. The molecule has 12 amide bonds. The smallest absolute Gasteiger partial charge is 0.243 e. The zero-order chi connectivity index (χ0) is 103. The van der Waals surface area contributed by atoms with E-state index in [1.807, 2.05) is 238 Å². The van der Waals surface area contributed by atoms with Crippen LogP contribution in [-0.2, 0) is 83.2 Å². The molecular weight excluding hydrogens is 1830 g/mol. The SMILES string of the molecule is C[C@@H](c1ccccc1)N(CC(=O)N(CCc1c[nH]c2ccccc12)CC(=O)N(CCCCN)CC(=O)N(CC(=O)N(CCc1c[nH]c2ccccc12)CC(=O)N(CCCCN)CC(=O)N(CC(=O)N(CCc1c[nH]c2ccccc12)CC(=O)N(CCCCN)CC(=O)N(CC(=O)N(CCc1c[nH]c2ccccc12)CC(N)=O)[C@@H](C)c1ccccc1)[C@@H](C)c1ccccc1)[C@@H](C)c1ccccc1)C(=O)CNCCCCN. The Balaban J connectivity index is 0.833. The first-order chi connectivity index (χ1) is 70.3. The van der Waals surface area contributed by atoms with Crippen LogP contribution in [0, 0.1) is 0 Å². The lowest BCUT2D eigenvalue weighted by Gasteiger charge is -2.36. The van der Waals surface area contributed by atoms with E-state index in [9.17, 15) is 14.4 Å². The van der Waals surface area contributed by atoms with E-state index < -0.39 is 161 Å². The van der Waals surface area contributed by atoms with Gasteiger partial charge in [0.15, 0.2) is 0 Å². The maximum atomic E-state index is 16.1. The summed E-state index contributed by atoms with van der Waals surface area (Å²) in [5.41, 5.74) is 39.7. The van der Waals surface area contributed by atoms with Crippen molar-refractivity contribution >= 4 is 114 Å². The van der Waals surface area contributed by atoms with Crippen molar-refractivity contribution in [2.45, 2.75) is 129 Å². The molecule has 0 spiro atoms. The zero-order valence-electron chi connectivity index (χ0n) is 84.1. The number of hydrogen-bond acceptors (Lipinski definition) is 17. The van der Waals surface area contributed by atoms with Crippen molar-refractivity contribution in [3.8, 4) is 0 Å². The van der Waals surface area contributed by atoms with Gasteiger partial charge in [-0.1, -0.05) is 194 Å². The summed E-state index contributed by atoms with van der Waals surface area (Å²) in [6.07, 6.45) is 12.4. The minimum Gasteiger partial charge on any atom is -0.368 e. The van der Waals surface area contributed by atoms with Gasteiger partial charge in [0, 0.05) is 114 Å². The molecule has 0 saturated heterocycles. The van der Waals surface area contributed by atoms with E-state index in [2.05, 4.69) is 25.3 Å². The van der Waals surface area contributed by atoms with Gasteiger partial charge in [0.05, 0.1) is 76.5 Å². The maximum Gasteiger partial charge on any atom is 0.243 e. The number of carbonyl (C=O) groups is 12. The minimum atomic E-state index is -0.858. The first kappa shape index (κ1) is 109. The van der Waals surface area contributed by atoms with Gasteiger partial charge in [-0.05, 0) is 206 Å². The van der Waals surface area contributed by atoms with E-state index in [0.717, 1.165) is 84.3 Å². The monoisotopic (exact) mass is 1970 g/mol. The average Bonchev–Trinajstić information content (AvgIpc) is 1.82. The summed E-state index contributed by atoms with van der Waals surface area (Å²) in [6, 6.07) is 64.5. The molecule has 768 valence electrons. The third-order valence-corrected chi connectivity index (χ3v) is 27.3. The first-order valence-electron chi connectivity index (χ1n) is 50.6. The summed E-state index contributed by atoms with van der Waals surface area (Å²) >= 11 is 0. The van der Waals surface area contributed by atoms with Crippen LogP contribution in [0.4, 0.5) is 0 Å². The fourth-order valence-corrected chi connectivity index (χ4v) is 18.6. The van der Waals surface area contributed by atoms with E-state index in [0.29, 0.717) is 81.1 Å². The number of nitrogens with two attached hydrogens (primary N) is 5. The predicted molar refractivity (Wildman–Crippen MR) is 566 cm³/mol. The number of aromatic amines is 4. The lowest BCUT2D eigenvalue weighted by atomic mass is 10.1. The van der Waals surface area contributed by atoms with Crippen LogP contribution in [0.5, 0.6) is 0 Å². The Hall–Kier alpha value is -14.6. The molecule has 33 nitrogen and oxygen atoms in total. The highest BCUT2D eigenvalue weighted by atomic mass is 16.2.